The van der Waals surface area contributed by atoms with Crippen LogP contribution in [0.15, 0.2) is 11.1 Å². The van der Waals surface area contributed by atoms with Gasteiger partial charge in [-0.3, -0.25) is 0 Å². The number of fused-ring (bicyclic) bond motifs is 2. The van der Waals surface area contributed by atoms with E-state index in [2.05, 4.69) is 35.0 Å². The lowest BCUT2D eigenvalue weighted by Crippen LogP contribution is -2.52. The molecule has 0 radical (unpaired) electrons. The van der Waals surface area contributed by atoms with E-state index in [4.69, 9.17) is 4.74 Å². The third-order valence-electron chi connectivity index (χ3n) is 5.92. The third-order valence-corrected chi connectivity index (χ3v) is 5.92. The molecule has 0 saturated heterocycles. The maximum absolute atomic E-state index is 6.80. The average Bonchev–Trinajstić information content (AvgIpc) is 2.44. The summed E-state index contributed by atoms with van der Waals surface area (Å²) >= 11 is 0. The molecule has 3 rings (SSSR count). The molecule has 0 aromatic heterocycles. The van der Waals surface area contributed by atoms with E-state index in [-0.39, 0.29) is 5.41 Å². The number of hydrogen-bond acceptors (Lipinski definition) is 1. The van der Waals surface area contributed by atoms with Gasteiger partial charge in [-0.05, 0) is 44.1 Å². The predicted molar refractivity (Wildman–Crippen MR) is 92.8 cm³/mol. The molecule has 1 aliphatic heterocycles. The number of hydrogen-bond donors (Lipinski definition) is 0. The number of ether oxygens (including phenoxy) is 1. The van der Waals surface area contributed by atoms with E-state index in [0.717, 1.165) is 10.4 Å². The summed E-state index contributed by atoms with van der Waals surface area (Å²) in [5.41, 5.74) is 3.77. The zero-order chi connectivity index (χ0) is 16.0. The first-order valence-corrected chi connectivity index (χ1v) is 9.46. The Balaban J connectivity index is 1.92. The zero-order valence-corrected chi connectivity index (χ0v) is 15.5. The summed E-state index contributed by atoms with van der Waals surface area (Å²) in [4.78, 5) is 0. The summed E-state index contributed by atoms with van der Waals surface area (Å²) in [6, 6.07) is 0. The fourth-order valence-electron chi connectivity index (χ4n) is 5.55. The van der Waals surface area contributed by atoms with Gasteiger partial charge in [-0.25, -0.2) is 0 Å². The van der Waals surface area contributed by atoms with Crippen LogP contribution < -0.4 is 0 Å². The molecule has 0 amide bonds. The second-order valence-electron chi connectivity index (χ2n) is 9.64. The maximum atomic E-state index is 6.80. The smallest absolute Gasteiger partial charge is 0.0896 e. The molecule has 1 heterocycles. The fourth-order valence-corrected chi connectivity index (χ4v) is 5.55. The van der Waals surface area contributed by atoms with Gasteiger partial charge in [0.2, 0.25) is 0 Å². The SMILES string of the molecule is CC(C)(C[N+](C)(C)C)[C@H]1O[C@H]2CCCC[C@H]2C2=C1CCCC2. The Kier molecular flexibility index (Phi) is 4.46. The standard InChI is InChI=1S/C20H36NO/c1-20(2,14-21(3,4)5)19-17-12-7-6-10-15(17)16-11-8-9-13-18(16)22-19/h16,18-19H,6-14H2,1-5H3/q+1/t16-,18-,19-/m0/s1. The van der Waals surface area contributed by atoms with Crippen molar-refractivity contribution in [3.05, 3.63) is 11.1 Å². The van der Waals surface area contributed by atoms with E-state index in [9.17, 15) is 0 Å². The van der Waals surface area contributed by atoms with Gasteiger partial charge >= 0.3 is 0 Å². The van der Waals surface area contributed by atoms with Gasteiger partial charge in [0, 0.05) is 11.3 Å². The molecule has 1 fully saturated rings. The van der Waals surface area contributed by atoms with Gasteiger partial charge in [-0.1, -0.05) is 32.3 Å². The molecule has 0 aromatic carbocycles. The van der Waals surface area contributed by atoms with Crippen molar-refractivity contribution in [2.45, 2.75) is 77.4 Å². The summed E-state index contributed by atoms with van der Waals surface area (Å²) in [6.07, 6.45) is 11.8. The molecule has 2 aliphatic carbocycles. The molecular weight excluding hydrogens is 270 g/mol. The van der Waals surface area contributed by atoms with Crippen molar-refractivity contribution in [2.75, 3.05) is 27.7 Å². The normalized spacial score (nSPS) is 33.4. The highest BCUT2D eigenvalue weighted by atomic mass is 16.5. The molecule has 0 N–H and O–H groups in total. The minimum atomic E-state index is 0.221. The zero-order valence-electron chi connectivity index (χ0n) is 15.5. The third kappa shape index (κ3) is 3.28. The second kappa shape index (κ2) is 5.94. The Morgan fingerprint density at radius 3 is 2.27 bits per heavy atom. The van der Waals surface area contributed by atoms with Gasteiger partial charge < -0.3 is 9.22 Å². The second-order valence-corrected chi connectivity index (χ2v) is 9.64. The first kappa shape index (κ1) is 16.5. The average molecular weight is 307 g/mol. The van der Waals surface area contributed by atoms with Crippen molar-refractivity contribution in [1.82, 2.24) is 0 Å². The summed E-state index contributed by atoms with van der Waals surface area (Å²) in [5.74, 6) is 0.764. The largest absolute Gasteiger partial charge is 0.369 e. The van der Waals surface area contributed by atoms with Crippen LogP contribution in [0.3, 0.4) is 0 Å². The molecule has 3 aliphatic rings. The van der Waals surface area contributed by atoms with Crippen molar-refractivity contribution < 1.29 is 9.22 Å². The summed E-state index contributed by atoms with van der Waals surface area (Å²) in [5, 5.41) is 0. The Bertz CT molecular complexity index is 443. The van der Waals surface area contributed by atoms with Crippen LogP contribution in [0.2, 0.25) is 0 Å². The van der Waals surface area contributed by atoms with Crippen LogP contribution in [0.5, 0.6) is 0 Å². The molecule has 0 bridgehead atoms. The van der Waals surface area contributed by atoms with Crippen LogP contribution in [-0.4, -0.2) is 44.4 Å². The van der Waals surface area contributed by atoms with Gasteiger partial charge in [0.15, 0.2) is 0 Å². The highest BCUT2D eigenvalue weighted by Gasteiger charge is 2.46. The highest BCUT2D eigenvalue weighted by Crippen LogP contribution is 2.49. The maximum Gasteiger partial charge on any atom is 0.0896 e. The molecule has 22 heavy (non-hydrogen) atoms. The van der Waals surface area contributed by atoms with Crippen LogP contribution in [0.1, 0.15) is 65.2 Å². The molecule has 0 spiro atoms. The van der Waals surface area contributed by atoms with Crippen LogP contribution in [-0.2, 0) is 4.74 Å². The number of rotatable bonds is 3. The van der Waals surface area contributed by atoms with E-state index in [1.807, 2.05) is 5.57 Å². The van der Waals surface area contributed by atoms with Gasteiger partial charge in [-0.2, -0.15) is 0 Å². The van der Waals surface area contributed by atoms with Gasteiger partial charge in [-0.15, -0.1) is 0 Å². The molecular formula is C20H36NO+. The lowest BCUT2D eigenvalue weighted by atomic mass is 9.68. The molecule has 1 saturated carbocycles. The molecule has 0 unspecified atom stereocenters. The van der Waals surface area contributed by atoms with Crippen LogP contribution in [0, 0.1) is 11.3 Å². The molecule has 3 atom stereocenters. The highest BCUT2D eigenvalue weighted by molar-refractivity contribution is 5.29. The van der Waals surface area contributed by atoms with Gasteiger partial charge in [0.1, 0.15) is 0 Å². The molecule has 2 heteroatoms. The minimum absolute atomic E-state index is 0.221. The van der Waals surface area contributed by atoms with Crippen LogP contribution in [0.4, 0.5) is 0 Å². The minimum Gasteiger partial charge on any atom is -0.369 e. The van der Waals surface area contributed by atoms with E-state index in [0.29, 0.717) is 12.2 Å². The first-order chi connectivity index (χ1) is 10.3. The van der Waals surface area contributed by atoms with E-state index >= 15 is 0 Å². The monoisotopic (exact) mass is 306 g/mol. The van der Waals surface area contributed by atoms with E-state index in [1.165, 1.54) is 57.9 Å². The molecule has 126 valence electrons. The predicted octanol–water partition coefficient (Wildman–Crippen LogP) is 4.55. The summed E-state index contributed by atoms with van der Waals surface area (Å²) < 4.78 is 7.82. The van der Waals surface area contributed by atoms with Crippen molar-refractivity contribution in [1.29, 1.82) is 0 Å². The van der Waals surface area contributed by atoms with E-state index in [1.54, 1.807) is 5.57 Å². The van der Waals surface area contributed by atoms with E-state index < -0.39 is 0 Å². The lowest BCUT2D eigenvalue weighted by molar-refractivity contribution is -0.877. The van der Waals surface area contributed by atoms with Crippen molar-refractivity contribution in [3.8, 4) is 0 Å². The Morgan fingerprint density at radius 1 is 0.955 bits per heavy atom. The molecule has 0 aromatic rings. The first-order valence-electron chi connectivity index (χ1n) is 9.46. The van der Waals surface area contributed by atoms with Gasteiger partial charge in [0.05, 0.1) is 39.9 Å². The fraction of sp³-hybridized carbons (Fsp3) is 0.900. The Labute approximate surface area is 137 Å². The van der Waals surface area contributed by atoms with Crippen LogP contribution in [0.25, 0.3) is 0 Å². The van der Waals surface area contributed by atoms with Gasteiger partial charge in [0.25, 0.3) is 0 Å². The Morgan fingerprint density at radius 2 is 1.59 bits per heavy atom. The summed E-state index contributed by atoms with van der Waals surface area (Å²) in [7, 11) is 6.93. The summed E-state index contributed by atoms with van der Waals surface area (Å²) in [6.45, 7) is 6.04. The molecule has 2 nitrogen and oxygen atoms in total. The lowest BCUT2D eigenvalue weighted by Gasteiger charge is -2.50. The number of nitrogens with zero attached hydrogens (tertiary/aromatic N) is 1. The van der Waals surface area contributed by atoms with Crippen molar-refractivity contribution in [3.63, 3.8) is 0 Å². The quantitative estimate of drug-likeness (QED) is 0.549. The Hall–Kier alpha value is -0.340. The van der Waals surface area contributed by atoms with Crippen LogP contribution >= 0.6 is 0 Å². The van der Waals surface area contributed by atoms with Crippen molar-refractivity contribution in [2.24, 2.45) is 11.3 Å². The van der Waals surface area contributed by atoms with Crippen molar-refractivity contribution >= 4 is 0 Å². The number of quaternary nitrogens is 1. The topological polar surface area (TPSA) is 9.23 Å².